The summed E-state index contributed by atoms with van der Waals surface area (Å²) in [6.45, 7) is 0. The number of nitrogens with one attached hydrogen (secondary N) is 1. The summed E-state index contributed by atoms with van der Waals surface area (Å²) in [5.74, 6) is 0.135. The second kappa shape index (κ2) is 6.48. The molecule has 0 aliphatic carbocycles. The molecule has 114 valence electrons. The van der Waals surface area contributed by atoms with Crippen molar-refractivity contribution in [3.63, 3.8) is 0 Å². The molecular formula is C17H15F2NOS. The Bertz CT molecular complexity index is 688. The molecule has 0 saturated heterocycles. The molecule has 5 heteroatoms. The van der Waals surface area contributed by atoms with E-state index in [1.807, 2.05) is 0 Å². The van der Waals surface area contributed by atoms with E-state index in [9.17, 15) is 13.6 Å². The smallest absolute Gasteiger partial charge is 0.224 e. The summed E-state index contributed by atoms with van der Waals surface area (Å²) in [7, 11) is 0. The number of benzene rings is 2. The largest absolute Gasteiger partial charge is 0.349 e. The zero-order valence-electron chi connectivity index (χ0n) is 11.8. The third-order valence-corrected chi connectivity index (χ3v) is 4.75. The van der Waals surface area contributed by atoms with Crippen molar-refractivity contribution in [2.24, 2.45) is 0 Å². The molecule has 0 spiro atoms. The highest BCUT2D eigenvalue weighted by molar-refractivity contribution is 7.99. The molecule has 0 radical (unpaired) electrons. The van der Waals surface area contributed by atoms with Crippen molar-refractivity contribution in [3.8, 4) is 0 Å². The maximum atomic E-state index is 13.4. The van der Waals surface area contributed by atoms with Gasteiger partial charge in [0.1, 0.15) is 11.6 Å². The lowest BCUT2D eigenvalue weighted by Crippen LogP contribution is -2.31. The van der Waals surface area contributed by atoms with E-state index >= 15 is 0 Å². The minimum atomic E-state index is -0.321. The molecule has 1 N–H and O–H groups in total. The second-order valence-electron chi connectivity index (χ2n) is 5.24. The van der Waals surface area contributed by atoms with Crippen molar-refractivity contribution in [1.29, 1.82) is 0 Å². The van der Waals surface area contributed by atoms with Crippen LogP contribution < -0.4 is 5.32 Å². The first-order valence-corrected chi connectivity index (χ1v) is 8.06. The first-order chi connectivity index (χ1) is 10.6. The van der Waals surface area contributed by atoms with Gasteiger partial charge in [0.05, 0.1) is 12.5 Å². The van der Waals surface area contributed by atoms with Gasteiger partial charge in [0, 0.05) is 10.6 Å². The Balaban J connectivity index is 1.70. The van der Waals surface area contributed by atoms with Gasteiger partial charge in [-0.25, -0.2) is 8.78 Å². The van der Waals surface area contributed by atoms with E-state index in [1.165, 1.54) is 24.3 Å². The van der Waals surface area contributed by atoms with Crippen molar-refractivity contribution in [2.45, 2.75) is 23.8 Å². The highest BCUT2D eigenvalue weighted by Gasteiger charge is 2.22. The normalized spacial score (nSPS) is 16.9. The van der Waals surface area contributed by atoms with Gasteiger partial charge in [-0.15, -0.1) is 11.8 Å². The third-order valence-electron chi connectivity index (χ3n) is 3.62. The fourth-order valence-corrected chi connectivity index (χ4v) is 3.65. The number of carbonyl (C=O) groups excluding carboxylic acids is 1. The van der Waals surface area contributed by atoms with E-state index in [0.29, 0.717) is 0 Å². The van der Waals surface area contributed by atoms with Crippen LogP contribution in [0, 0.1) is 11.6 Å². The second-order valence-corrected chi connectivity index (χ2v) is 6.38. The van der Waals surface area contributed by atoms with Crippen LogP contribution in [0.15, 0.2) is 47.4 Å². The standard InChI is InChI=1S/C17H15F2NOS/c18-12-3-1-11(2-4-12)9-17(21)20-15-7-8-22-16-6-5-13(19)10-14(15)16/h1-6,10,15H,7-9H2,(H,20,21). The van der Waals surface area contributed by atoms with Gasteiger partial charge in [-0.2, -0.15) is 0 Å². The van der Waals surface area contributed by atoms with Crippen LogP contribution >= 0.6 is 11.8 Å². The van der Waals surface area contributed by atoms with Crippen LogP contribution in [0.3, 0.4) is 0 Å². The summed E-state index contributed by atoms with van der Waals surface area (Å²) >= 11 is 1.67. The van der Waals surface area contributed by atoms with Gasteiger partial charge in [-0.3, -0.25) is 4.79 Å². The lowest BCUT2D eigenvalue weighted by Gasteiger charge is -2.26. The molecule has 1 amide bonds. The summed E-state index contributed by atoms with van der Waals surface area (Å²) in [5.41, 5.74) is 1.59. The molecule has 1 atom stereocenters. The molecule has 0 bridgehead atoms. The number of halogens is 2. The molecule has 1 heterocycles. The van der Waals surface area contributed by atoms with Gasteiger partial charge in [-0.05, 0) is 47.9 Å². The van der Waals surface area contributed by atoms with Crippen LogP contribution in [0.1, 0.15) is 23.6 Å². The molecule has 2 nitrogen and oxygen atoms in total. The molecular weight excluding hydrogens is 304 g/mol. The predicted molar refractivity (Wildman–Crippen MR) is 82.7 cm³/mol. The quantitative estimate of drug-likeness (QED) is 0.931. The summed E-state index contributed by atoms with van der Waals surface area (Å²) in [6, 6.07) is 10.4. The maximum Gasteiger partial charge on any atom is 0.224 e. The van der Waals surface area contributed by atoms with Crippen LogP contribution in [0.25, 0.3) is 0 Å². The number of carbonyl (C=O) groups is 1. The zero-order chi connectivity index (χ0) is 15.5. The molecule has 2 aromatic carbocycles. The van der Waals surface area contributed by atoms with Gasteiger partial charge in [0.15, 0.2) is 0 Å². The van der Waals surface area contributed by atoms with E-state index in [4.69, 9.17) is 0 Å². The van der Waals surface area contributed by atoms with E-state index in [-0.39, 0.29) is 30.0 Å². The molecule has 0 aromatic heterocycles. The van der Waals surface area contributed by atoms with Crippen LogP contribution in [-0.2, 0) is 11.2 Å². The van der Waals surface area contributed by atoms with Crippen LogP contribution in [-0.4, -0.2) is 11.7 Å². The van der Waals surface area contributed by atoms with Gasteiger partial charge in [-0.1, -0.05) is 12.1 Å². The Morgan fingerprint density at radius 2 is 1.86 bits per heavy atom. The summed E-state index contributed by atoms with van der Waals surface area (Å²) in [4.78, 5) is 13.2. The fourth-order valence-electron chi connectivity index (χ4n) is 2.55. The molecule has 1 aliphatic rings. The molecule has 1 unspecified atom stereocenters. The highest BCUT2D eigenvalue weighted by Crippen LogP contribution is 2.36. The maximum absolute atomic E-state index is 13.4. The Labute approximate surface area is 131 Å². The van der Waals surface area contributed by atoms with E-state index in [1.54, 1.807) is 30.0 Å². The number of thioether (sulfide) groups is 1. The minimum Gasteiger partial charge on any atom is -0.349 e. The first kappa shape index (κ1) is 15.0. The van der Waals surface area contributed by atoms with Crippen LogP contribution in [0.5, 0.6) is 0 Å². The Kier molecular flexibility index (Phi) is 4.43. The number of amides is 1. The SMILES string of the molecule is O=C(Cc1ccc(F)cc1)NC1CCSc2ccc(F)cc21. The third kappa shape index (κ3) is 3.47. The number of fused-ring (bicyclic) bond motifs is 1. The van der Waals surface area contributed by atoms with Gasteiger partial charge < -0.3 is 5.32 Å². The fraction of sp³-hybridized carbons (Fsp3) is 0.235. The molecule has 3 rings (SSSR count). The Morgan fingerprint density at radius 3 is 2.64 bits per heavy atom. The first-order valence-electron chi connectivity index (χ1n) is 7.08. The Hall–Kier alpha value is -1.88. The molecule has 1 aliphatic heterocycles. The van der Waals surface area contributed by atoms with Crippen molar-refractivity contribution < 1.29 is 13.6 Å². The minimum absolute atomic E-state index is 0.140. The van der Waals surface area contributed by atoms with Crippen LogP contribution in [0.4, 0.5) is 8.78 Å². The molecule has 0 saturated carbocycles. The van der Waals surface area contributed by atoms with E-state index < -0.39 is 0 Å². The van der Waals surface area contributed by atoms with Gasteiger partial charge >= 0.3 is 0 Å². The Morgan fingerprint density at radius 1 is 1.14 bits per heavy atom. The van der Waals surface area contributed by atoms with Crippen molar-refractivity contribution in [1.82, 2.24) is 5.32 Å². The molecule has 2 aromatic rings. The van der Waals surface area contributed by atoms with E-state index in [0.717, 1.165) is 28.2 Å². The van der Waals surface area contributed by atoms with Gasteiger partial charge in [0.2, 0.25) is 5.91 Å². The van der Waals surface area contributed by atoms with Crippen molar-refractivity contribution >= 4 is 17.7 Å². The van der Waals surface area contributed by atoms with Crippen molar-refractivity contribution in [2.75, 3.05) is 5.75 Å². The summed E-state index contributed by atoms with van der Waals surface area (Å²) in [5, 5.41) is 2.95. The lowest BCUT2D eigenvalue weighted by molar-refractivity contribution is -0.121. The van der Waals surface area contributed by atoms with Gasteiger partial charge in [0.25, 0.3) is 0 Å². The monoisotopic (exact) mass is 319 g/mol. The number of rotatable bonds is 3. The average molecular weight is 319 g/mol. The molecule has 22 heavy (non-hydrogen) atoms. The number of hydrogen-bond acceptors (Lipinski definition) is 2. The predicted octanol–water partition coefficient (Wildman–Crippen LogP) is 3.86. The highest BCUT2D eigenvalue weighted by atomic mass is 32.2. The molecule has 0 fully saturated rings. The van der Waals surface area contributed by atoms with Crippen molar-refractivity contribution in [3.05, 3.63) is 65.2 Å². The topological polar surface area (TPSA) is 29.1 Å². The number of hydrogen-bond donors (Lipinski definition) is 1. The summed E-state index contributed by atoms with van der Waals surface area (Å²) < 4.78 is 26.3. The van der Waals surface area contributed by atoms with E-state index in [2.05, 4.69) is 5.32 Å². The summed E-state index contributed by atoms with van der Waals surface area (Å²) in [6.07, 6.45) is 0.963. The van der Waals surface area contributed by atoms with Crippen LogP contribution in [0.2, 0.25) is 0 Å². The average Bonchev–Trinajstić information content (AvgIpc) is 2.50. The zero-order valence-corrected chi connectivity index (χ0v) is 12.6. The lowest BCUT2D eigenvalue weighted by atomic mass is 10.0.